The SMILES string of the molecule is COCCC1(CNCc2ncccc2C)CC1. The molecule has 17 heavy (non-hydrogen) atoms. The first-order chi connectivity index (χ1) is 8.26. The number of hydrogen-bond donors (Lipinski definition) is 1. The minimum absolute atomic E-state index is 0.513. The fourth-order valence-corrected chi connectivity index (χ4v) is 2.16. The van der Waals surface area contributed by atoms with Gasteiger partial charge in [-0.2, -0.15) is 0 Å². The largest absolute Gasteiger partial charge is 0.385 e. The van der Waals surface area contributed by atoms with Gasteiger partial charge in [-0.1, -0.05) is 6.07 Å². The molecule has 1 fully saturated rings. The number of nitrogens with zero attached hydrogens (tertiary/aromatic N) is 1. The molecule has 1 aliphatic carbocycles. The maximum atomic E-state index is 5.16. The molecule has 3 heteroatoms. The average molecular weight is 234 g/mol. The lowest BCUT2D eigenvalue weighted by Crippen LogP contribution is -2.25. The normalized spacial score (nSPS) is 17.1. The minimum Gasteiger partial charge on any atom is -0.385 e. The molecule has 1 aromatic heterocycles. The fourth-order valence-electron chi connectivity index (χ4n) is 2.16. The summed E-state index contributed by atoms with van der Waals surface area (Å²) in [5, 5.41) is 3.54. The van der Waals surface area contributed by atoms with Gasteiger partial charge in [0, 0.05) is 33.0 Å². The highest BCUT2D eigenvalue weighted by molar-refractivity contribution is 5.17. The van der Waals surface area contributed by atoms with Crippen LogP contribution in [0.4, 0.5) is 0 Å². The molecule has 3 nitrogen and oxygen atoms in total. The number of ether oxygens (including phenoxy) is 1. The molecule has 0 bridgehead atoms. The van der Waals surface area contributed by atoms with Crippen molar-refractivity contribution < 1.29 is 4.74 Å². The van der Waals surface area contributed by atoms with Gasteiger partial charge < -0.3 is 10.1 Å². The Kier molecular flexibility index (Phi) is 4.13. The first-order valence-corrected chi connectivity index (χ1v) is 6.36. The van der Waals surface area contributed by atoms with Crippen LogP contribution in [0.15, 0.2) is 18.3 Å². The van der Waals surface area contributed by atoms with E-state index in [0.29, 0.717) is 5.41 Å². The molecule has 0 atom stereocenters. The Morgan fingerprint density at radius 1 is 1.47 bits per heavy atom. The number of rotatable bonds is 7. The minimum atomic E-state index is 0.513. The Hall–Kier alpha value is -0.930. The molecule has 0 radical (unpaired) electrons. The van der Waals surface area contributed by atoms with E-state index >= 15 is 0 Å². The molecular formula is C14H22N2O. The Labute approximate surface area is 104 Å². The summed E-state index contributed by atoms with van der Waals surface area (Å²) >= 11 is 0. The number of aromatic nitrogens is 1. The van der Waals surface area contributed by atoms with Crippen LogP contribution in [0.25, 0.3) is 0 Å². The summed E-state index contributed by atoms with van der Waals surface area (Å²) in [4.78, 5) is 4.39. The molecule has 0 saturated heterocycles. The van der Waals surface area contributed by atoms with Crippen molar-refractivity contribution in [2.24, 2.45) is 5.41 Å². The van der Waals surface area contributed by atoms with E-state index in [9.17, 15) is 0 Å². The van der Waals surface area contributed by atoms with Gasteiger partial charge >= 0.3 is 0 Å². The highest BCUT2D eigenvalue weighted by Gasteiger charge is 2.41. The Bertz CT molecular complexity index is 361. The summed E-state index contributed by atoms with van der Waals surface area (Å²) in [7, 11) is 1.78. The van der Waals surface area contributed by atoms with Crippen molar-refractivity contribution in [2.75, 3.05) is 20.3 Å². The number of hydrogen-bond acceptors (Lipinski definition) is 3. The molecule has 1 aliphatic rings. The molecule has 0 aromatic carbocycles. The van der Waals surface area contributed by atoms with Gasteiger partial charge in [0.2, 0.25) is 0 Å². The van der Waals surface area contributed by atoms with Gasteiger partial charge in [-0.25, -0.2) is 0 Å². The summed E-state index contributed by atoms with van der Waals surface area (Å²) in [6.45, 7) is 4.96. The van der Waals surface area contributed by atoms with Crippen LogP contribution >= 0.6 is 0 Å². The molecule has 1 N–H and O–H groups in total. The van der Waals surface area contributed by atoms with E-state index in [2.05, 4.69) is 23.3 Å². The summed E-state index contributed by atoms with van der Waals surface area (Å²) in [6.07, 6.45) is 5.72. The van der Waals surface area contributed by atoms with E-state index in [1.54, 1.807) is 7.11 Å². The zero-order valence-electron chi connectivity index (χ0n) is 10.8. The first kappa shape index (κ1) is 12.5. The van der Waals surface area contributed by atoms with E-state index < -0.39 is 0 Å². The predicted octanol–water partition coefficient (Wildman–Crippen LogP) is 2.30. The quantitative estimate of drug-likeness (QED) is 0.786. The van der Waals surface area contributed by atoms with Crippen LogP contribution in [0.5, 0.6) is 0 Å². The van der Waals surface area contributed by atoms with Crippen LogP contribution in [0.2, 0.25) is 0 Å². The van der Waals surface area contributed by atoms with Crippen LogP contribution in [-0.4, -0.2) is 25.2 Å². The summed E-state index contributed by atoms with van der Waals surface area (Å²) in [5.41, 5.74) is 2.94. The number of methoxy groups -OCH3 is 1. The summed E-state index contributed by atoms with van der Waals surface area (Å²) in [6, 6.07) is 4.10. The number of pyridine rings is 1. The molecule has 0 amide bonds. The molecule has 1 aromatic rings. The maximum Gasteiger partial charge on any atom is 0.0570 e. The zero-order valence-corrected chi connectivity index (χ0v) is 10.8. The first-order valence-electron chi connectivity index (χ1n) is 6.36. The van der Waals surface area contributed by atoms with E-state index in [0.717, 1.165) is 25.4 Å². The second-order valence-corrected chi connectivity index (χ2v) is 5.11. The average Bonchev–Trinajstić information content (AvgIpc) is 3.10. The summed E-state index contributed by atoms with van der Waals surface area (Å²) < 4.78 is 5.16. The topological polar surface area (TPSA) is 34.1 Å². The van der Waals surface area contributed by atoms with Crippen LogP contribution in [0.3, 0.4) is 0 Å². The second kappa shape index (κ2) is 5.61. The maximum absolute atomic E-state index is 5.16. The van der Waals surface area contributed by atoms with Crippen LogP contribution < -0.4 is 5.32 Å². The standard InChI is InChI=1S/C14H22N2O/c1-12-4-3-8-16-13(12)10-15-11-14(5-6-14)7-9-17-2/h3-4,8,15H,5-7,9-11H2,1-2H3. The molecule has 2 rings (SSSR count). The number of aryl methyl sites for hydroxylation is 1. The van der Waals surface area contributed by atoms with E-state index in [1.165, 1.54) is 24.8 Å². The Balaban J connectivity index is 1.75. The lowest BCUT2D eigenvalue weighted by Gasteiger charge is -2.15. The van der Waals surface area contributed by atoms with Crippen molar-refractivity contribution in [3.05, 3.63) is 29.6 Å². The molecule has 1 heterocycles. The van der Waals surface area contributed by atoms with E-state index in [4.69, 9.17) is 4.74 Å². The monoisotopic (exact) mass is 234 g/mol. The number of nitrogens with one attached hydrogen (secondary N) is 1. The van der Waals surface area contributed by atoms with Crippen molar-refractivity contribution in [1.29, 1.82) is 0 Å². The molecule has 1 saturated carbocycles. The van der Waals surface area contributed by atoms with Crippen molar-refractivity contribution >= 4 is 0 Å². The molecular weight excluding hydrogens is 212 g/mol. The summed E-state index contributed by atoms with van der Waals surface area (Å²) in [5.74, 6) is 0. The Morgan fingerprint density at radius 3 is 2.94 bits per heavy atom. The van der Waals surface area contributed by atoms with Gasteiger partial charge in [-0.3, -0.25) is 4.98 Å². The lowest BCUT2D eigenvalue weighted by atomic mass is 10.0. The van der Waals surface area contributed by atoms with Crippen molar-refractivity contribution in [2.45, 2.75) is 32.7 Å². The van der Waals surface area contributed by atoms with Crippen LogP contribution in [-0.2, 0) is 11.3 Å². The van der Waals surface area contributed by atoms with Gasteiger partial charge in [0.15, 0.2) is 0 Å². The van der Waals surface area contributed by atoms with E-state index in [-0.39, 0.29) is 0 Å². The smallest absolute Gasteiger partial charge is 0.0570 e. The lowest BCUT2D eigenvalue weighted by molar-refractivity contribution is 0.171. The van der Waals surface area contributed by atoms with Gasteiger partial charge in [0.25, 0.3) is 0 Å². The third-order valence-electron chi connectivity index (χ3n) is 3.70. The predicted molar refractivity (Wildman–Crippen MR) is 68.8 cm³/mol. The fraction of sp³-hybridized carbons (Fsp3) is 0.643. The highest BCUT2D eigenvalue weighted by atomic mass is 16.5. The zero-order chi connectivity index (χ0) is 12.1. The molecule has 0 spiro atoms. The highest BCUT2D eigenvalue weighted by Crippen LogP contribution is 2.48. The second-order valence-electron chi connectivity index (χ2n) is 5.11. The van der Waals surface area contributed by atoms with Crippen LogP contribution in [0, 0.1) is 12.3 Å². The van der Waals surface area contributed by atoms with Gasteiger partial charge in [0.1, 0.15) is 0 Å². The van der Waals surface area contributed by atoms with Crippen molar-refractivity contribution in [3.63, 3.8) is 0 Å². The third-order valence-corrected chi connectivity index (χ3v) is 3.70. The molecule has 0 aliphatic heterocycles. The molecule has 94 valence electrons. The van der Waals surface area contributed by atoms with Gasteiger partial charge in [0.05, 0.1) is 5.69 Å². The van der Waals surface area contributed by atoms with Gasteiger partial charge in [-0.15, -0.1) is 0 Å². The van der Waals surface area contributed by atoms with Crippen molar-refractivity contribution in [3.8, 4) is 0 Å². The van der Waals surface area contributed by atoms with Crippen molar-refractivity contribution in [1.82, 2.24) is 10.3 Å². The Morgan fingerprint density at radius 2 is 2.29 bits per heavy atom. The van der Waals surface area contributed by atoms with Gasteiger partial charge in [-0.05, 0) is 43.2 Å². The van der Waals surface area contributed by atoms with Crippen LogP contribution in [0.1, 0.15) is 30.5 Å². The third kappa shape index (κ3) is 3.51. The molecule has 0 unspecified atom stereocenters. The van der Waals surface area contributed by atoms with E-state index in [1.807, 2.05) is 12.3 Å².